The molecule has 0 N–H and O–H groups in total. The minimum atomic E-state index is 0. The molecule has 0 saturated heterocycles. The molecule has 0 amide bonds. The van der Waals surface area contributed by atoms with Crippen molar-refractivity contribution >= 4 is 91.0 Å². The summed E-state index contributed by atoms with van der Waals surface area (Å²) in [6, 6.07) is 0. The maximum atomic E-state index is 0. The molecule has 0 unspecified atom stereocenters. The van der Waals surface area contributed by atoms with Crippen molar-refractivity contribution < 1.29 is 88.0 Å². The van der Waals surface area contributed by atoms with Crippen LogP contribution in [0, 0.1) is 71.2 Å². The second-order valence-corrected chi connectivity index (χ2v) is 0. The van der Waals surface area contributed by atoms with Gasteiger partial charge in [-0.3, -0.25) is 0 Å². The van der Waals surface area contributed by atoms with Gasteiger partial charge in [-0.05, 0) is 0 Å². The summed E-state index contributed by atoms with van der Waals surface area (Å²) >= 11 is 0. The maximum Gasteiger partial charge on any atom is 0 e. The first-order chi connectivity index (χ1) is 0. The normalized spacial score (nSPS) is 0. The zero-order valence-corrected chi connectivity index (χ0v) is 18.1. The van der Waals surface area contributed by atoms with Gasteiger partial charge in [0, 0.05) is 179 Å². The number of hydrogen-bond acceptors (Lipinski definition) is 0. The Morgan fingerprint density at radius 1 is 0.600 bits per heavy atom. The topological polar surface area (TPSA) is 0 Å². The summed E-state index contributed by atoms with van der Waals surface area (Å²) in [4.78, 5) is 0. The van der Waals surface area contributed by atoms with Gasteiger partial charge in [-0.2, -0.15) is 0 Å². The largest absolute Gasteiger partial charge is 0 e. The van der Waals surface area contributed by atoms with E-state index >= 15 is 0 Å². The molecule has 5 heteroatoms. The Kier molecular flexibility index (Phi) is 139. The summed E-state index contributed by atoms with van der Waals surface area (Å²) in [7, 11) is 0. The fraction of sp³-hybridized carbons (Fsp3) is 0. The molecule has 0 aliphatic carbocycles. The second kappa shape index (κ2) is 22.5. The molecule has 0 aliphatic rings. The van der Waals surface area contributed by atoms with Gasteiger partial charge < -0.3 is 0 Å². The van der Waals surface area contributed by atoms with E-state index < -0.39 is 0 Å². The van der Waals surface area contributed by atoms with E-state index in [1.165, 1.54) is 0 Å². The SMILES string of the molecule is [Co].[La].[La].[Sr].[Sr]. The van der Waals surface area contributed by atoms with Gasteiger partial charge >= 0.3 is 0 Å². The maximum absolute atomic E-state index is 0. The molecule has 0 rings (SSSR count). The average Bonchev–Trinajstić information content (AvgIpc) is 0. The van der Waals surface area contributed by atoms with Crippen LogP contribution >= 0.6 is 0 Å². The first-order valence-corrected chi connectivity index (χ1v) is 0. The summed E-state index contributed by atoms with van der Waals surface area (Å²) < 4.78 is 0. The van der Waals surface area contributed by atoms with Crippen LogP contribution < -0.4 is 0 Å². The van der Waals surface area contributed by atoms with Crippen LogP contribution in [0.4, 0.5) is 0 Å². The van der Waals surface area contributed by atoms with Crippen molar-refractivity contribution in [2.24, 2.45) is 0 Å². The molecule has 0 aliphatic heterocycles. The van der Waals surface area contributed by atoms with E-state index in [4.69, 9.17) is 0 Å². The first kappa shape index (κ1) is 30.8. The third-order valence-corrected chi connectivity index (χ3v) is 0. The zero-order chi connectivity index (χ0) is 0. The van der Waals surface area contributed by atoms with Gasteiger partial charge in [-0.15, -0.1) is 0 Å². The molecule has 7 radical (unpaired) electrons. The van der Waals surface area contributed by atoms with Gasteiger partial charge in [0.25, 0.3) is 0 Å². The molecule has 0 aromatic heterocycles. The molecule has 0 fully saturated rings. The second-order valence-electron chi connectivity index (χ2n) is 0. The fourth-order valence-corrected chi connectivity index (χ4v) is 0. The van der Waals surface area contributed by atoms with E-state index in [-0.39, 0.29) is 179 Å². The zero-order valence-electron chi connectivity index (χ0n) is 2.90. The molecule has 0 spiro atoms. The molecule has 0 saturated carbocycles. The van der Waals surface area contributed by atoms with Crippen molar-refractivity contribution in [2.45, 2.75) is 0 Å². The van der Waals surface area contributed by atoms with Crippen molar-refractivity contribution in [3.63, 3.8) is 0 Å². The predicted molar refractivity (Wildman–Crippen MR) is 11.5 cm³/mol. The molecule has 0 atom stereocenters. The summed E-state index contributed by atoms with van der Waals surface area (Å²) in [6.45, 7) is 0. The van der Waals surface area contributed by atoms with Gasteiger partial charge in [-0.25, -0.2) is 0 Å². The van der Waals surface area contributed by atoms with Crippen molar-refractivity contribution in [3.8, 4) is 0 Å². The average molecular weight is 512 g/mol. The third-order valence-electron chi connectivity index (χ3n) is 0. The van der Waals surface area contributed by atoms with Gasteiger partial charge in [0.05, 0.1) is 0 Å². The van der Waals surface area contributed by atoms with E-state index in [0.717, 1.165) is 0 Å². The van der Waals surface area contributed by atoms with Crippen molar-refractivity contribution in [2.75, 3.05) is 0 Å². The Bertz CT molecular complexity index is 7.61. The summed E-state index contributed by atoms with van der Waals surface area (Å²) in [5, 5.41) is 0. The van der Waals surface area contributed by atoms with Crippen LogP contribution in [0.1, 0.15) is 0 Å². The van der Waals surface area contributed by atoms with E-state index in [2.05, 4.69) is 0 Å². The van der Waals surface area contributed by atoms with Crippen LogP contribution in [0.3, 0.4) is 0 Å². The summed E-state index contributed by atoms with van der Waals surface area (Å²) in [5.41, 5.74) is 0. The Labute approximate surface area is 173 Å². The molecule has 5 heavy (non-hydrogen) atoms. The minimum absolute atomic E-state index is 0. The Hall–Kier alpha value is 5.86. The quantitative estimate of drug-likeness (QED) is 0.375. The van der Waals surface area contributed by atoms with E-state index in [9.17, 15) is 0 Å². The van der Waals surface area contributed by atoms with Gasteiger partial charge in [-0.1, -0.05) is 0 Å². The van der Waals surface area contributed by atoms with Crippen LogP contribution in [0.15, 0.2) is 0 Å². The Morgan fingerprint density at radius 2 is 0.600 bits per heavy atom. The van der Waals surface area contributed by atoms with Gasteiger partial charge in [0.1, 0.15) is 0 Å². The molecule has 0 bridgehead atoms. The third kappa shape index (κ3) is 17.7. The fourth-order valence-electron chi connectivity index (χ4n) is 0. The molecule has 0 heterocycles. The van der Waals surface area contributed by atoms with Crippen LogP contribution in [0.25, 0.3) is 0 Å². The number of hydrogen-bond donors (Lipinski definition) is 0. The standard InChI is InChI=1S/Co.2La.2Sr. The van der Waals surface area contributed by atoms with Crippen molar-refractivity contribution in [3.05, 3.63) is 0 Å². The van der Waals surface area contributed by atoms with Crippen LogP contribution in [-0.4, -0.2) is 91.0 Å². The van der Waals surface area contributed by atoms with Crippen LogP contribution in [-0.2, 0) is 16.8 Å². The van der Waals surface area contributed by atoms with E-state index in [1.54, 1.807) is 0 Å². The monoisotopic (exact) mass is 513 g/mol. The first-order valence-electron chi connectivity index (χ1n) is 0. The van der Waals surface area contributed by atoms with E-state index in [0.29, 0.717) is 0 Å². The molecule has 0 aromatic carbocycles. The Balaban J connectivity index is 0. The van der Waals surface area contributed by atoms with Crippen LogP contribution in [0.5, 0.6) is 0 Å². The smallest absolute Gasteiger partial charge is 0 e. The van der Waals surface area contributed by atoms with Crippen molar-refractivity contribution in [1.82, 2.24) is 0 Å². The number of rotatable bonds is 0. The molecular formula is CoLa2Sr2. The Morgan fingerprint density at radius 3 is 0.600 bits per heavy atom. The summed E-state index contributed by atoms with van der Waals surface area (Å²) in [6.07, 6.45) is 0. The van der Waals surface area contributed by atoms with Gasteiger partial charge in [0.15, 0.2) is 0 Å². The van der Waals surface area contributed by atoms with Crippen LogP contribution in [0.2, 0.25) is 0 Å². The van der Waals surface area contributed by atoms with Gasteiger partial charge in [0.2, 0.25) is 0 Å². The molecule has 19 valence electrons. The molecular weight excluding hydrogens is 512 g/mol. The molecule has 0 aromatic rings. The van der Waals surface area contributed by atoms with E-state index in [1.807, 2.05) is 0 Å². The predicted octanol–water partition coefficient (Wildman–Crippen LogP) is -0.764. The van der Waals surface area contributed by atoms with Crippen molar-refractivity contribution in [1.29, 1.82) is 0 Å². The molecule has 0 nitrogen and oxygen atoms in total. The summed E-state index contributed by atoms with van der Waals surface area (Å²) in [5.74, 6) is 0. The minimum Gasteiger partial charge on any atom is 0 e.